The third kappa shape index (κ3) is 3.16. The first-order valence-corrected chi connectivity index (χ1v) is 7.31. The SMILES string of the molecule is O=Cc1ccc(N2CCN(c3ccc(Cl)cc3)CC2)nc1. The molecule has 0 aliphatic carbocycles. The molecule has 3 rings (SSSR count). The van der Waals surface area contributed by atoms with Gasteiger partial charge < -0.3 is 9.80 Å². The molecule has 0 unspecified atom stereocenters. The number of halogens is 1. The second-order valence-electron chi connectivity index (χ2n) is 5.02. The van der Waals surface area contributed by atoms with E-state index in [2.05, 4.69) is 26.9 Å². The van der Waals surface area contributed by atoms with Crippen molar-refractivity contribution in [1.82, 2.24) is 4.98 Å². The van der Waals surface area contributed by atoms with Gasteiger partial charge in [0.15, 0.2) is 6.29 Å². The van der Waals surface area contributed by atoms with E-state index in [0.29, 0.717) is 5.56 Å². The van der Waals surface area contributed by atoms with Gasteiger partial charge in [0.05, 0.1) is 0 Å². The number of benzene rings is 1. The van der Waals surface area contributed by atoms with E-state index >= 15 is 0 Å². The number of hydrogen-bond donors (Lipinski definition) is 0. The zero-order valence-electron chi connectivity index (χ0n) is 11.6. The van der Waals surface area contributed by atoms with Gasteiger partial charge in [0.2, 0.25) is 0 Å². The van der Waals surface area contributed by atoms with Gasteiger partial charge in [-0.2, -0.15) is 0 Å². The lowest BCUT2D eigenvalue weighted by atomic mass is 10.2. The number of pyridine rings is 1. The van der Waals surface area contributed by atoms with Gasteiger partial charge in [-0.3, -0.25) is 4.79 Å². The van der Waals surface area contributed by atoms with Crippen LogP contribution in [0, 0.1) is 0 Å². The van der Waals surface area contributed by atoms with Gasteiger partial charge in [0.25, 0.3) is 0 Å². The molecule has 2 heterocycles. The normalized spacial score (nSPS) is 15.1. The van der Waals surface area contributed by atoms with Crippen molar-refractivity contribution in [3.8, 4) is 0 Å². The summed E-state index contributed by atoms with van der Waals surface area (Å²) in [5.41, 5.74) is 1.81. The molecule has 108 valence electrons. The van der Waals surface area contributed by atoms with Gasteiger partial charge in [0, 0.05) is 48.6 Å². The molecule has 1 aliphatic rings. The number of hydrogen-bond acceptors (Lipinski definition) is 4. The minimum atomic E-state index is 0.610. The van der Waals surface area contributed by atoms with Crippen molar-refractivity contribution in [2.24, 2.45) is 0 Å². The number of aldehydes is 1. The number of carbonyl (C=O) groups excluding carboxylic acids is 1. The van der Waals surface area contributed by atoms with E-state index in [-0.39, 0.29) is 0 Å². The lowest BCUT2D eigenvalue weighted by Crippen LogP contribution is -2.46. The van der Waals surface area contributed by atoms with Gasteiger partial charge in [-0.05, 0) is 36.4 Å². The van der Waals surface area contributed by atoms with Crippen LogP contribution in [0.4, 0.5) is 11.5 Å². The van der Waals surface area contributed by atoms with E-state index in [9.17, 15) is 4.79 Å². The molecule has 1 saturated heterocycles. The van der Waals surface area contributed by atoms with E-state index in [1.165, 1.54) is 5.69 Å². The van der Waals surface area contributed by atoms with Crippen LogP contribution in [0.2, 0.25) is 5.02 Å². The Labute approximate surface area is 129 Å². The fourth-order valence-corrected chi connectivity index (χ4v) is 2.63. The number of carbonyl (C=O) groups is 1. The highest BCUT2D eigenvalue weighted by Gasteiger charge is 2.18. The minimum Gasteiger partial charge on any atom is -0.368 e. The zero-order valence-corrected chi connectivity index (χ0v) is 12.3. The summed E-state index contributed by atoms with van der Waals surface area (Å²) in [5, 5.41) is 0.761. The first-order chi connectivity index (χ1) is 10.3. The molecule has 1 aromatic carbocycles. The van der Waals surface area contributed by atoms with Crippen LogP contribution in [0.15, 0.2) is 42.6 Å². The molecule has 0 atom stereocenters. The first kappa shape index (κ1) is 13.9. The summed E-state index contributed by atoms with van der Waals surface area (Å²) in [4.78, 5) is 19.6. The van der Waals surface area contributed by atoms with Crippen molar-refractivity contribution in [3.05, 3.63) is 53.2 Å². The van der Waals surface area contributed by atoms with Crippen molar-refractivity contribution >= 4 is 29.4 Å². The molecule has 0 bridgehead atoms. The Morgan fingerprint density at radius 3 is 2.19 bits per heavy atom. The third-order valence-corrected chi connectivity index (χ3v) is 3.95. The van der Waals surface area contributed by atoms with Crippen LogP contribution >= 0.6 is 11.6 Å². The molecule has 0 saturated carbocycles. The van der Waals surface area contributed by atoms with E-state index < -0.39 is 0 Å². The molecule has 4 nitrogen and oxygen atoms in total. The van der Waals surface area contributed by atoms with Crippen LogP contribution < -0.4 is 9.80 Å². The van der Waals surface area contributed by atoms with Crippen LogP contribution in [-0.4, -0.2) is 37.4 Å². The van der Waals surface area contributed by atoms with Crippen LogP contribution in [0.25, 0.3) is 0 Å². The quantitative estimate of drug-likeness (QED) is 0.817. The van der Waals surface area contributed by atoms with Gasteiger partial charge in [-0.1, -0.05) is 11.6 Å². The summed E-state index contributed by atoms with van der Waals surface area (Å²) in [5.74, 6) is 0.927. The van der Waals surface area contributed by atoms with E-state index in [0.717, 1.165) is 43.3 Å². The van der Waals surface area contributed by atoms with Gasteiger partial charge in [0.1, 0.15) is 5.82 Å². The van der Waals surface area contributed by atoms with Crippen LogP contribution in [0.1, 0.15) is 10.4 Å². The van der Waals surface area contributed by atoms with Crippen LogP contribution in [0.3, 0.4) is 0 Å². The summed E-state index contributed by atoms with van der Waals surface area (Å²) >= 11 is 5.92. The predicted octanol–water partition coefficient (Wildman–Crippen LogP) is 2.87. The molecule has 2 aromatic rings. The highest BCUT2D eigenvalue weighted by molar-refractivity contribution is 6.30. The largest absolute Gasteiger partial charge is 0.368 e. The van der Waals surface area contributed by atoms with Gasteiger partial charge >= 0.3 is 0 Å². The Morgan fingerprint density at radius 2 is 1.62 bits per heavy atom. The van der Waals surface area contributed by atoms with Crippen molar-refractivity contribution in [2.45, 2.75) is 0 Å². The molecule has 0 radical (unpaired) electrons. The Kier molecular flexibility index (Phi) is 4.06. The van der Waals surface area contributed by atoms with E-state index in [1.54, 1.807) is 12.3 Å². The second-order valence-corrected chi connectivity index (χ2v) is 5.45. The Bertz CT molecular complexity index is 604. The molecule has 5 heteroatoms. The smallest absolute Gasteiger partial charge is 0.151 e. The number of piperazine rings is 1. The Morgan fingerprint density at radius 1 is 0.952 bits per heavy atom. The highest BCUT2D eigenvalue weighted by atomic mass is 35.5. The summed E-state index contributed by atoms with van der Waals surface area (Å²) < 4.78 is 0. The van der Waals surface area contributed by atoms with Crippen molar-refractivity contribution in [2.75, 3.05) is 36.0 Å². The van der Waals surface area contributed by atoms with E-state index in [1.807, 2.05) is 18.2 Å². The number of rotatable bonds is 3. The average molecular weight is 302 g/mol. The van der Waals surface area contributed by atoms with Gasteiger partial charge in [-0.25, -0.2) is 4.98 Å². The van der Waals surface area contributed by atoms with Crippen molar-refractivity contribution in [1.29, 1.82) is 0 Å². The summed E-state index contributed by atoms with van der Waals surface area (Å²) in [6.45, 7) is 3.71. The van der Waals surface area contributed by atoms with Crippen molar-refractivity contribution in [3.63, 3.8) is 0 Å². The molecule has 21 heavy (non-hydrogen) atoms. The number of nitrogens with zero attached hydrogens (tertiary/aromatic N) is 3. The fourth-order valence-electron chi connectivity index (χ4n) is 2.50. The second kappa shape index (κ2) is 6.14. The summed E-state index contributed by atoms with van der Waals surface area (Å²) in [6.07, 6.45) is 2.43. The molecule has 1 aliphatic heterocycles. The Balaban J connectivity index is 1.64. The van der Waals surface area contributed by atoms with E-state index in [4.69, 9.17) is 11.6 Å². The lowest BCUT2D eigenvalue weighted by Gasteiger charge is -2.36. The molecule has 0 spiro atoms. The van der Waals surface area contributed by atoms with Gasteiger partial charge in [-0.15, -0.1) is 0 Å². The minimum absolute atomic E-state index is 0.610. The number of aromatic nitrogens is 1. The molecule has 1 aromatic heterocycles. The maximum atomic E-state index is 10.6. The summed E-state index contributed by atoms with van der Waals surface area (Å²) in [6, 6.07) is 11.7. The monoisotopic (exact) mass is 301 g/mol. The predicted molar refractivity (Wildman–Crippen MR) is 85.5 cm³/mol. The molecule has 0 N–H and O–H groups in total. The molecular formula is C16H16ClN3O. The van der Waals surface area contributed by atoms with Crippen LogP contribution in [0.5, 0.6) is 0 Å². The zero-order chi connectivity index (χ0) is 14.7. The maximum absolute atomic E-state index is 10.6. The molecule has 0 amide bonds. The van der Waals surface area contributed by atoms with Crippen LogP contribution in [-0.2, 0) is 0 Å². The average Bonchev–Trinajstić information content (AvgIpc) is 2.56. The fraction of sp³-hybridized carbons (Fsp3) is 0.250. The standard InChI is InChI=1S/C16H16ClN3O/c17-14-2-4-15(5-3-14)19-7-9-20(10-8-19)16-6-1-13(12-21)11-18-16/h1-6,11-12H,7-10H2. The first-order valence-electron chi connectivity index (χ1n) is 6.93. The van der Waals surface area contributed by atoms with Crippen molar-refractivity contribution < 1.29 is 4.79 Å². The third-order valence-electron chi connectivity index (χ3n) is 3.70. The highest BCUT2D eigenvalue weighted by Crippen LogP contribution is 2.21. The molecular weight excluding hydrogens is 286 g/mol. The maximum Gasteiger partial charge on any atom is 0.151 e. The lowest BCUT2D eigenvalue weighted by molar-refractivity contribution is 0.112. The summed E-state index contributed by atoms with van der Waals surface area (Å²) in [7, 11) is 0. The Hall–Kier alpha value is -2.07. The number of anilines is 2. The topological polar surface area (TPSA) is 36.4 Å². The molecule has 1 fully saturated rings.